The second kappa shape index (κ2) is 10.5. The Morgan fingerprint density at radius 1 is 1.62 bits per heavy atom. The van der Waals surface area contributed by atoms with Crippen molar-refractivity contribution in [3.05, 3.63) is 0 Å². The van der Waals surface area contributed by atoms with Gasteiger partial charge in [-0.25, -0.2) is 0 Å². The molecule has 3 heteroatoms. The van der Waals surface area contributed by atoms with E-state index in [-0.39, 0.29) is 0 Å². The van der Waals surface area contributed by atoms with Gasteiger partial charge in [0.2, 0.25) is 0 Å². The Hall–Kier alpha value is 0.470. The molecule has 0 saturated heterocycles. The van der Waals surface area contributed by atoms with Crippen molar-refractivity contribution in [1.82, 2.24) is 0 Å². The summed E-state index contributed by atoms with van der Waals surface area (Å²) >= 11 is 1.31. The molecule has 0 aromatic heterocycles. The summed E-state index contributed by atoms with van der Waals surface area (Å²) in [6.07, 6.45) is 1.02. The standard InChI is InChI=1S/C4H8O2.CH3.Na/c1-2-3-4(5)6;;/h2-3H2,1H3,(H,5,6);1H3;. The van der Waals surface area contributed by atoms with E-state index in [4.69, 9.17) is 5.11 Å². The fraction of sp³-hybridized carbons (Fsp3) is 0.800. The fourth-order valence-corrected chi connectivity index (χ4v) is 0.214. The third-order valence-electron chi connectivity index (χ3n) is 0.464. The van der Waals surface area contributed by atoms with Crippen molar-refractivity contribution in [2.75, 3.05) is 0 Å². The van der Waals surface area contributed by atoms with Crippen LogP contribution in [0.1, 0.15) is 19.8 Å². The van der Waals surface area contributed by atoms with Crippen molar-refractivity contribution in [3.8, 4) is 0 Å². The van der Waals surface area contributed by atoms with Gasteiger partial charge in [-0.2, -0.15) is 0 Å². The molecule has 0 aliphatic heterocycles. The minimum absolute atomic E-state index is 0.292. The number of rotatable bonds is 2. The Labute approximate surface area is 67.7 Å². The monoisotopic (exact) mass is 126 g/mol. The molecule has 0 aromatic rings. The maximum absolute atomic E-state index is 9.60. The Bertz CT molecular complexity index is 54.4. The van der Waals surface area contributed by atoms with Crippen LogP contribution >= 0.6 is 0 Å². The summed E-state index contributed by atoms with van der Waals surface area (Å²) in [4.78, 5) is 9.60. The second-order valence-electron chi connectivity index (χ2n) is 1.14. The van der Waals surface area contributed by atoms with E-state index in [2.05, 4.69) is 4.17 Å². The minimum atomic E-state index is -0.711. The molecule has 0 aliphatic rings. The number of carbonyl (C=O) groups is 1. The van der Waals surface area contributed by atoms with E-state index in [1.807, 2.05) is 6.92 Å². The normalized spacial score (nSPS) is 7.00. The molecular formula is C5H11NaO2. The molecule has 0 saturated carbocycles. The van der Waals surface area contributed by atoms with Crippen LogP contribution in [0.3, 0.4) is 0 Å². The SMILES string of the molecule is CCCC(=O)O.[CH3][Na]. The first-order valence-corrected chi connectivity index (χ1v) is 4.99. The summed E-state index contributed by atoms with van der Waals surface area (Å²) in [7, 11) is 0. The molecule has 1 N–H and O–H groups in total. The molecule has 0 atom stereocenters. The van der Waals surface area contributed by atoms with Crippen molar-refractivity contribution < 1.29 is 9.90 Å². The summed E-state index contributed by atoms with van der Waals surface area (Å²) < 4.78 is 2.14. The predicted octanol–water partition coefficient (Wildman–Crippen LogP) is 1.07. The average Bonchev–Trinajstić information content (AvgIpc) is 1.72. The van der Waals surface area contributed by atoms with Gasteiger partial charge in [0.05, 0.1) is 0 Å². The molecule has 0 aliphatic carbocycles. The Kier molecular flexibility index (Phi) is 14.7. The van der Waals surface area contributed by atoms with Crippen LogP contribution in [0.4, 0.5) is 0 Å². The van der Waals surface area contributed by atoms with Gasteiger partial charge in [0.1, 0.15) is 0 Å². The number of hydrogen-bond donors (Lipinski definition) is 1. The van der Waals surface area contributed by atoms with Crippen molar-refractivity contribution in [2.24, 2.45) is 0 Å². The van der Waals surface area contributed by atoms with Gasteiger partial charge in [0.15, 0.2) is 0 Å². The molecule has 0 spiro atoms. The summed E-state index contributed by atoms with van der Waals surface area (Å²) in [5, 5.41) is 7.91. The quantitative estimate of drug-likeness (QED) is 0.562. The predicted molar refractivity (Wildman–Crippen MR) is 34.2 cm³/mol. The molecule has 0 amide bonds. The van der Waals surface area contributed by atoms with Crippen LogP contribution in [0.5, 0.6) is 0 Å². The first kappa shape index (κ1) is 11.3. The zero-order valence-electron chi connectivity index (χ0n) is 5.77. The van der Waals surface area contributed by atoms with Crippen molar-refractivity contribution in [2.45, 2.75) is 23.9 Å². The Morgan fingerprint density at radius 3 is 2.00 bits per heavy atom. The second-order valence-corrected chi connectivity index (χ2v) is 1.14. The van der Waals surface area contributed by atoms with Crippen molar-refractivity contribution >= 4 is 33.9 Å². The molecule has 44 valence electrons. The van der Waals surface area contributed by atoms with E-state index in [9.17, 15) is 4.79 Å². The van der Waals surface area contributed by atoms with Gasteiger partial charge in [-0.1, -0.05) is 6.92 Å². The molecular weight excluding hydrogens is 115 g/mol. The van der Waals surface area contributed by atoms with Gasteiger partial charge in [0, 0.05) is 6.42 Å². The van der Waals surface area contributed by atoms with E-state index in [1.165, 1.54) is 27.9 Å². The van der Waals surface area contributed by atoms with Gasteiger partial charge in [-0.3, -0.25) is 4.79 Å². The topological polar surface area (TPSA) is 37.3 Å². The molecule has 0 rings (SSSR count). The van der Waals surface area contributed by atoms with Crippen molar-refractivity contribution in [3.63, 3.8) is 0 Å². The summed E-state index contributed by atoms with van der Waals surface area (Å²) in [5.41, 5.74) is 0. The molecule has 8 heavy (non-hydrogen) atoms. The van der Waals surface area contributed by atoms with E-state index in [0.29, 0.717) is 6.42 Å². The summed E-state index contributed by atoms with van der Waals surface area (Å²) in [6, 6.07) is 0. The zero-order valence-corrected chi connectivity index (χ0v) is 7.77. The van der Waals surface area contributed by atoms with Gasteiger partial charge in [0.25, 0.3) is 0 Å². The fourth-order valence-electron chi connectivity index (χ4n) is 0.214. The van der Waals surface area contributed by atoms with Gasteiger partial charge >= 0.3 is 38.1 Å². The van der Waals surface area contributed by atoms with Crippen LogP contribution in [-0.2, 0) is 4.79 Å². The third-order valence-corrected chi connectivity index (χ3v) is 0.464. The average molecular weight is 126 g/mol. The number of hydrogen-bond acceptors (Lipinski definition) is 1. The van der Waals surface area contributed by atoms with Gasteiger partial charge in [-0.15, -0.1) is 0 Å². The van der Waals surface area contributed by atoms with Gasteiger partial charge < -0.3 is 5.11 Å². The maximum atomic E-state index is 9.60. The number of aliphatic carboxylic acids is 1. The molecule has 0 heterocycles. The van der Waals surface area contributed by atoms with Crippen LogP contribution in [0.15, 0.2) is 0 Å². The zero-order chi connectivity index (χ0) is 6.99. The first-order valence-electron chi connectivity index (χ1n) is 2.99. The van der Waals surface area contributed by atoms with Crippen LogP contribution in [0.25, 0.3) is 0 Å². The molecule has 2 nitrogen and oxygen atoms in total. The summed E-state index contributed by atoms with van der Waals surface area (Å²) in [6.45, 7) is 1.84. The molecule has 0 fully saturated rings. The number of carboxylic acids is 1. The molecule has 0 radical (unpaired) electrons. The van der Waals surface area contributed by atoms with Crippen LogP contribution in [0, 0.1) is 0 Å². The Balaban J connectivity index is 0. The van der Waals surface area contributed by atoms with Crippen LogP contribution in [0.2, 0.25) is 4.17 Å². The van der Waals surface area contributed by atoms with Crippen molar-refractivity contribution in [1.29, 1.82) is 0 Å². The number of carboxylic acid groups (broad SMARTS) is 1. The van der Waals surface area contributed by atoms with E-state index >= 15 is 0 Å². The molecule has 0 unspecified atom stereocenters. The molecule has 0 aromatic carbocycles. The van der Waals surface area contributed by atoms with Crippen LogP contribution in [-0.4, -0.2) is 39.0 Å². The van der Waals surface area contributed by atoms with E-state index < -0.39 is 5.97 Å². The first-order chi connectivity index (χ1) is 3.77. The third kappa shape index (κ3) is 16.1. The van der Waals surface area contributed by atoms with Crippen LogP contribution < -0.4 is 0 Å². The molecule has 0 bridgehead atoms. The van der Waals surface area contributed by atoms with E-state index in [0.717, 1.165) is 6.42 Å². The summed E-state index contributed by atoms with van der Waals surface area (Å²) in [5.74, 6) is -0.711. The Morgan fingerprint density at radius 2 is 2.00 bits per heavy atom. The van der Waals surface area contributed by atoms with Gasteiger partial charge in [-0.05, 0) is 6.42 Å². The van der Waals surface area contributed by atoms with E-state index in [1.54, 1.807) is 0 Å².